The van der Waals surface area contributed by atoms with E-state index >= 15 is 0 Å². The SMILES string of the molecule is N#Cc1ccnc(-n2cc(CP(O)O)c3cc(Br)ccc32)c1. The molecule has 0 aliphatic rings. The van der Waals surface area contributed by atoms with Crippen LogP contribution in [0.15, 0.2) is 47.2 Å². The van der Waals surface area contributed by atoms with Crippen molar-refractivity contribution in [1.82, 2.24) is 9.55 Å². The van der Waals surface area contributed by atoms with E-state index in [0.29, 0.717) is 11.4 Å². The standard InChI is InChI=1S/C15H11BrN3O2P/c16-12-1-2-14-13(6-12)11(9-22(20)21)8-19(14)15-5-10(7-17)3-4-18-15/h1-6,8,20-21H,9H2. The highest BCUT2D eigenvalue weighted by molar-refractivity contribution is 9.10. The van der Waals surface area contributed by atoms with Gasteiger partial charge in [-0.25, -0.2) is 4.98 Å². The van der Waals surface area contributed by atoms with Crippen LogP contribution in [0.25, 0.3) is 16.7 Å². The molecule has 7 heteroatoms. The lowest BCUT2D eigenvalue weighted by atomic mass is 10.2. The Morgan fingerprint density at radius 2 is 2.09 bits per heavy atom. The molecule has 0 aliphatic heterocycles. The van der Waals surface area contributed by atoms with E-state index in [1.807, 2.05) is 29.0 Å². The first-order valence-corrected chi connectivity index (χ1v) is 8.62. The monoisotopic (exact) mass is 375 g/mol. The van der Waals surface area contributed by atoms with Crippen molar-refractivity contribution in [2.45, 2.75) is 6.16 Å². The summed E-state index contributed by atoms with van der Waals surface area (Å²) in [6.07, 6.45) is 3.61. The zero-order valence-electron chi connectivity index (χ0n) is 11.3. The van der Waals surface area contributed by atoms with Crippen LogP contribution in [0.3, 0.4) is 0 Å². The minimum atomic E-state index is -2.03. The van der Waals surface area contributed by atoms with E-state index in [1.54, 1.807) is 18.3 Å². The number of pyridine rings is 1. The first kappa shape index (κ1) is 15.1. The summed E-state index contributed by atoms with van der Waals surface area (Å²) in [5, 5.41) is 9.95. The fourth-order valence-corrected chi connectivity index (χ4v) is 3.28. The van der Waals surface area contributed by atoms with Crippen LogP contribution in [0.1, 0.15) is 11.1 Å². The highest BCUT2D eigenvalue weighted by atomic mass is 79.9. The first-order valence-electron chi connectivity index (χ1n) is 6.40. The van der Waals surface area contributed by atoms with E-state index in [9.17, 15) is 9.79 Å². The third-order valence-electron chi connectivity index (χ3n) is 3.28. The minimum Gasteiger partial charge on any atom is -0.350 e. The van der Waals surface area contributed by atoms with Gasteiger partial charge in [0, 0.05) is 28.4 Å². The van der Waals surface area contributed by atoms with E-state index in [1.165, 1.54) is 0 Å². The summed E-state index contributed by atoms with van der Waals surface area (Å²) in [4.78, 5) is 23.0. The van der Waals surface area contributed by atoms with Gasteiger partial charge in [-0.15, -0.1) is 0 Å². The van der Waals surface area contributed by atoms with Gasteiger partial charge in [0.2, 0.25) is 0 Å². The van der Waals surface area contributed by atoms with Gasteiger partial charge >= 0.3 is 0 Å². The molecule has 110 valence electrons. The molecular weight excluding hydrogens is 365 g/mol. The largest absolute Gasteiger partial charge is 0.350 e. The number of hydrogen-bond donors (Lipinski definition) is 2. The zero-order chi connectivity index (χ0) is 15.7. The molecule has 0 radical (unpaired) electrons. The van der Waals surface area contributed by atoms with Crippen molar-refractivity contribution in [2.75, 3.05) is 0 Å². The molecule has 0 spiro atoms. The fraction of sp³-hybridized carbons (Fsp3) is 0.0667. The van der Waals surface area contributed by atoms with Crippen molar-refractivity contribution in [2.24, 2.45) is 0 Å². The Morgan fingerprint density at radius 1 is 1.27 bits per heavy atom. The van der Waals surface area contributed by atoms with Gasteiger partial charge in [0.1, 0.15) is 5.82 Å². The molecule has 2 N–H and O–H groups in total. The van der Waals surface area contributed by atoms with Gasteiger partial charge in [-0.3, -0.25) is 0 Å². The minimum absolute atomic E-state index is 0.188. The molecule has 0 unspecified atom stereocenters. The van der Waals surface area contributed by atoms with Crippen LogP contribution in [-0.4, -0.2) is 19.3 Å². The van der Waals surface area contributed by atoms with Crippen LogP contribution in [0.2, 0.25) is 0 Å². The van der Waals surface area contributed by atoms with Crippen molar-refractivity contribution in [3.63, 3.8) is 0 Å². The summed E-state index contributed by atoms with van der Waals surface area (Å²) in [6, 6.07) is 11.2. The summed E-state index contributed by atoms with van der Waals surface area (Å²) in [6.45, 7) is 0. The molecule has 22 heavy (non-hydrogen) atoms. The van der Waals surface area contributed by atoms with Crippen molar-refractivity contribution in [3.05, 3.63) is 58.3 Å². The summed E-state index contributed by atoms with van der Waals surface area (Å²) < 4.78 is 2.77. The summed E-state index contributed by atoms with van der Waals surface area (Å²) >= 11 is 3.43. The Labute approximate surface area is 136 Å². The van der Waals surface area contributed by atoms with Crippen LogP contribution in [-0.2, 0) is 6.16 Å². The highest BCUT2D eigenvalue weighted by Gasteiger charge is 2.14. The van der Waals surface area contributed by atoms with Crippen LogP contribution in [0, 0.1) is 11.3 Å². The van der Waals surface area contributed by atoms with Crippen LogP contribution in [0.4, 0.5) is 0 Å². The van der Waals surface area contributed by atoms with Gasteiger partial charge in [-0.05, 0) is 35.9 Å². The Kier molecular flexibility index (Phi) is 4.23. The molecule has 2 heterocycles. The van der Waals surface area contributed by atoms with E-state index in [0.717, 1.165) is 20.9 Å². The predicted molar refractivity (Wildman–Crippen MR) is 88.5 cm³/mol. The second kappa shape index (κ2) is 6.15. The van der Waals surface area contributed by atoms with Crippen LogP contribution >= 0.6 is 24.3 Å². The number of halogens is 1. The number of fused-ring (bicyclic) bond motifs is 1. The molecule has 0 atom stereocenters. The zero-order valence-corrected chi connectivity index (χ0v) is 13.8. The van der Waals surface area contributed by atoms with Gasteiger partial charge in [0.15, 0.2) is 8.38 Å². The lowest BCUT2D eigenvalue weighted by Gasteiger charge is -2.04. The topological polar surface area (TPSA) is 82.1 Å². The van der Waals surface area contributed by atoms with Crippen molar-refractivity contribution < 1.29 is 9.79 Å². The quantitative estimate of drug-likeness (QED) is 0.686. The Hall–Kier alpha value is -1.77. The second-order valence-corrected chi connectivity index (χ2v) is 6.71. The van der Waals surface area contributed by atoms with E-state index in [-0.39, 0.29) is 6.16 Å². The van der Waals surface area contributed by atoms with E-state index in [2.05, 4.69) is 27.0 Å². The lowest BCUT2D eigenvalue weighted by Crippen LogP contribution is -1.96. The van der Waals surface area contributed by atoms with Gasteiger partial charge in [-0.1, -0.05) is 15.9 Å². The molecule has 0 saturated heterocycles. The maximum Gasteiger partial charge on any atom is 0.169 e. The number of hydrogen-bond acceptors (Lipinski definition) is 4. The first-order chi connectivity index (χ1) is 10.6. The second-order valence-electron chi connectivity index (χ2n) is 4.73. The Balaban J connectivity index is 2.23. The predicted octanol–water partition coefficient (Wildman–Crippen LogP) is 3.46. The Bertz CT molecular complexity index is 886. The van der Waals surface area contributed by atoms with Crippen LogP contribution in [0.5, 0.6) is 0 Å². The van der Waals surface area contributed by atoms with E-state index < -0.39 is 8.38 Å². The highest BCUT2D eigenvalue weighted by Crippen LogP contribution is 2.35. The molecule has 0 bridgehead atoms. The third kappa shape index (κ3) is 2.90. The normalized spacial score (nSPS) is 11.0. The van der Waals surface area contributed by atoms with Gasteiger partial charge in [0.25, 0.3) is 0 Å². The molecule has 2 aromatic heterocycles. The number of aromatic nitrogens is 2. The molecule has 0 saturated carbocycles. The molecule has 3 aromatic rings. The summed E-state index contributed by atoms with van der Waals surface area (Å²) in [7, 11) is -2.03. The van der Waals surface area contributed by atoms with Crippen molar-refractivity contribution in [1.29, 1.82) is 5.26 Å². The number of nitrogens with zero attached hydrogens (tertiary/aromatic N) is 3. The Morgan fingerprint density at radius 3 is 2.82 bits per heavy atom. The number of nitriles is 1. The molecule has 0 amide bonds. The maximum atomic E-state index is 9.34. The molecule has 5 nitrogen and oxygen atoms in total. The summed E-state index contributed by atoms with van der Waals surface area (Å²) in [5.41, 5.74) is 2.26. The number of rotatable bonds is 3. The molecule has 3 rings (SSSR count). The molecule has 0 fully saturated rings. The molecular formula is C15H11BrN3O2P. The fourth-order valence-electron chi connectivity index (χ4n) is 2.36. The number of benzene rings is 1. The maximum absolute atomic E-state index is 9.34. The molecule has 1 aromatic carbocycles. The molecule has 0 aliphatic carbocycles. The van der Waals surface area contributed by atoms with Crippen molar-refractivity contribution >= 4 is 35.2 Å². The average molecular weight is 376 g/mol. The lowest BCUT2D eigenvalue weighted by molar-refractivity contribution is 0.481. The van der Waals surface area contributed by atoms with Crippen molar-refractivity contribution in [3.8, 4) is 11.9 Å². The average Bonchev–Trinajstić information content (AvgIpc) is 2.85. The smallest absolute Gasteiger partial charge is 0.169 e. The van der Waals surface area contributed by atoms with E-state index in [4.69, 9.17) is 5.26 Å². The summed E-state index contributed by atoms with van der Waals surface area (Å²) in [5.74, 6) is 0.623. The van der Waals surface area contributed by atoms with Crippen LogP contribution < -0.4 is 0 Å². The van der Waals surface area contributed by atoms with Gasteiger partial charge < -0.3 is 14.4 Å². The van der Waals surface area contributed by atoms with Gasteiger partial charge in [-0.2, -0.15) is 5.26 Å². The van der Waals surface area contributed by atoms with Gasteiger partial charge in [0.05, 0.1) is 17.1 Å². The third-order valence-corrected chi connectivity index (χ3v) is 4.40.